The Bertz CT molecular complexity index is 589. The van der Waals surface area contributed by atoms with Gasteiger partial charge in [0.1, 0.15) is 6.54 Å². The SMILES string of the molecule is NC(c1ccccc1)c1cncn1CC(=O)NC1CC1. The molecule has 1 unspecified atom stereocenters. The van der Waals surface area contributed by atoms with Gasteiger partial charge in [0.2, 0.25) is 5.91 Å². The molecule has 5 nitrogen and oxygen atoms in total. The number of nitrogens with zero attached hydrogens (tertiary/aromatic N) is 2. The average Bonchev–Trinajstić information content (AvgIpc) is 3.15. The summed E-state index contributed by atoms with van der Waals surface area (Å²) in [6, 6.07) is 9.92. The lowest BCUT2D eigenvalue weighted by Gasteiger charge is -2.15. The van der Waals surface area contributed by atoms with Gasteiger partial charge in [-0.2, -0.15) is 0 Å². The van der Waals surface area contributed by atoms with Gasteiger partial charge in [-0.05, 0) is 18.4 Å². The second kappa shape index (κ2) is 5.46. The molecule has 1 aromatic carbocycles. The van der Waals surface area contributed by atoms with Crippen LogP contribution in [0, 0.1) is 0 Å². The van der Waals surface area contributed by atoms with Crippen molar-refractivity contribution in [1.29, 1.82) is 0 Å². The molecule has 1 aromatic heterocycles. The van der Waals surface area contributed by atoms with Gasteiger partial charge < -0.3 is 15.6 Å². The van der Waals surface area contributed by atoms with E-state index in [1.807, 2.05) is 34.9 Å². The van der Waals surface area contributed by atoms with E-state index in [-0.39, 0.29) is 18.5 Å². The van der Waals surface area contributed by atoms with Crippen molar-refractivity contribution in [2.45, 2.75) is 31.5 Å². The van der Waals surface area contributed by atoms with Crippen molar-refractivity contribution in [1.82, 2.24) is 14.9 Å². The van der Waals surface area contributed by atoms with Crippen LogP contribution >= 0.6 is 0 Å². The van der Waals surface area contributed by atoms with Gasteiger partial charge in [-0.3, -0.25) is 4.79 Å². The number of nitrogens with two attached hydrogens (primary N) is 1. The first-order valence-corrected chi connectivity index (χ1v) is 6.84. The fourth-order valence-corrected chi connectivity index (χ4v) is 2.21. The number of amides is 1. The smallest absolute Gasteiger partial charge is 0.240 e. The first kappa shape index (κ1) is 12.9. The number of hydrogen-bond donors (Lipinski definition) is 2. The first-order chi connectivity index (χ1) is 9.74. The van der Waals surface area contributed by atoms with Gasteiger partial charge in [0.15, 0.2) is 0 Å². The van der Waals surface area contributed by atoms with Gasteiger partial charge in [0.25, 0.3) is 0 Å². The molecule has 0 spiro atoms. The van der Waals surface area contributed by atoms with Crippen molar-refractivity contribution in [2.75, 3.05) is 0 Å². The molecule has 3 N–H and O–H groups in total. The maximum Gasteiger partial charge on any atom is 0.240 e. The molecule has 0 bridgehead atoms. The fraction of sp³-hybridized carbons (Fsp3) is 0.333. The third kappa shape index (κ3) is 2.88. The number of aromatic nitrogens is 2. The number of carbonyl (C=O) groups is 1. The second-order valence-electron chi connectivity index (χ2n) is 5.18. The standard InChI is InChI=1S/C15H18N4O/c16-15(11-4-2-1-3-5-11)13-8-17-10-19(13)9-14(20)18-12-6-7-12/h1-5,8,10,12,15H,6-7,9,16H2,(H,18,20). The molecule has 0 radical (unpaired) electrons. The third-order valence-electron chi connectivity index (χ3n) is 3.48. The van der Waals surface area contributed by atoms with Gasteiger partial charge in [-0.15, -0.1) is 0 Å². The molecule has 1 atom stereocenters. The number of carbonyl (C=O) groups excluding carboxylic acids is 1. The van der Waals surface area contributed by atoms with E-state index in [4.69, 9.17) is 5.73 Å². The zero-order valence-electron chi connectivity index (χ0n) is 11.2. The fourth-order valence-electron chi connectivity index (χ4n) is 2.21. The summed E-state index contributed by atoms with van der Waals surface area (Å²) in [7, 11) is 0. The van der Waals surface area contributed by atoms with Crippen LogP contribution in [-0.4, -0.2) is 21.5 Å². The van der Waals surface area contributed by atoms with Crippen molar-refractivity contribution >= 4 is 5.91 Å². The summed E-state index contributed by atoms with van der Waals surface area (Å²) < 4.78 is 1.81. The quantitative estimate of drug-likeness (QED) is 0.857. The van der Waals surface area contributed by atoms with Crippen LogP contribution in [0.3, 0.4) is 0 Å². The van der Waals surface area contributed by atoms with Crippen molar-refractivity contribution in [3.63, 3.8) is 0 Å². The molecule has 2 aromatic rings. The lowest BCUT2D eigenvalue weighted by atomic mass is 10.1. The number of benzene rings is 1. The Balaban J connectivity index is 1.73. The number of hydrogen-bond acceptors (Lipinski definition) is 3. The third-order valence-corrected chi connectivity index (χ3v) is 3.48. The Hall–Kier alpha value is -2.14. The summed E-state index contributed by atoms with van der Waals surface area (Å²) in [5.41, 5.74) is 8.12. The molecule has 1 heterocycles. The highest BCUT2D eigenvalue weighted by Gasteiger charge is 2.24. The highest BCUT2D eigenvalue weighted by molar-refractivity contribution is 5.76. The molecule has 0 aliphatic heterocycles. The summed E-state index contributed by atoms with van der Waals surface area (Å²) in [6.45, 7) is 0.270. The van der Waals surface area contributed by atoms with Crippen LogP contribution in [0.25, 0.3) is 0 Å². The first-order valence-electron chi connectivity index (χ1n) is 6.84. The van der Waals surface area contributed by atoms with Gasteiger partial charge in [0, 0.05) is 6.04 Å². The highest BCUT2D eigenvalue weighted by atomic mass is 16.2. The maximum atomic E-state index is 11.9. The van der Waals surface area contributed by atoms with Crippen molar-refractivity contribution < 1.29 is 4.79 Å². The number of imidazole rings is 1. The van der Waals surface area contributed by atoms with E-state index in [9.17, 15) is 4.79 Å². The van der Waals surface area contributed by atoms with Gasteiger partial charge >= 0.3 is 0 Å². The molecule has 104 valence electrons. The summed E-state index contributed by atoms with van der Waals surface area (Å²) in [5.74, 6) is 0.0204. The summed E-state index contributed by atoms with van der Waals surface area (Å²) in [4.78, 5) is 16.0. The van der Waals surface area contributed by atoms with Crippen LogP contribution in [0.4, 0.5) is 0 Å². The lowest BCUT2D eigenvalue weighted by Crippen LogP contribution is -2.30. The Kier molecular flexibility index (Phi) is 3.52. The predicted molar refractivity (Wildman–Crippen MR) is 75.9 cm³/mol. The van der Waals surface area contributed by atoms with Crippen LogP contribution < -0.4 is 11.1 Å². The summed E-state index contributed by atoms with van der Waals surface area (Å²) in [5, 5.41) is 2.97. The highest BCUT2D eigenvalue weighted by Crippen LogP contribution is 2.20. The van der Waals surface area contributed by atoms with Gasteiger partial charge in [-0.1, -0.05) is 30.3 Å². The largest absolute Gasteiger partial charge is 0.352 e. The molecule has 1 amide bonds. The van der Waals surface area contributed by atoms with Gasteiger partial charge in [-0.25, -0.2) is 4.98 Å². The van der Waals surface area contributed by atoms with E-state index in [2.05, 4.69) is 10.3 Å². The zero-order valence-corrected chi connectivity index (χ0v) is 11.2. The normalized spacial score (nSPS) is 15.8. The van der Waals surface area contributed by atoms with E-state index >= 15 is 0 Å². The Morgan fingerprint density at radius 3 is 2.85 bits per heavy atom. The van der Waals surface area contributed by atoms with E-state index in [1.165, 1.54) is 0 Å². The summed E-state index contributed by atoms with van der Waals surface area (Å²) in [6.07, 6.45) is 5.56. The van der Waals surface area contributed by atoms with Crippen LogP contribution in [0.2, 0.25) is 0 Å². The van der Waals surface area contributed by atoms with E-state index in [1.54, 1.807) is 12.5 Å². The monoisotopic (exact) mass is 270 g/mol. The molecular weight excluding hydrogens is 252 g/mol. The van der Waals surface area contributed by atoms with Crippen LogP contribution in [0.15, 0.2) is 42.9 Å². The average molecular weight is 270 g/mol. The van der Waals surface area contributed by atoms with Crippen LogP contribution in [0.5, 0.6) is 0 Å². The topological polar surface area (TPSA) is 72.9 Å². The van der Waals surface area contributed by atoms with E-state index < -0.39 is 0 Å². The minimum absolute atomic E-state index is 0.0204. The molecule has 3 rings (SSSR count). The van der Waals surface area contributed by atoms with Crippen LogP contribution in [-0.2, 0) is 11.3 Å². The molecule has 0 saturated heterocycles. The number of nitrogens with one attached hydrogen (secondary N) is 1. The van der Waals surface area contributed by atoms with E-state index in [0.29, 0.717) is 6.04 Å². The van der Waals surface area contributed by atoms with Crippen molar-refractivity contribution in [2.24, 2.45) is 5.73 Å². The molecule has 1 saturated carbocycles. The zero-order chi connectivity index (χ0) is 13.9. The maximum absolute atomic E-state index is 11.9. The second-order valence-corrected chi connectivity index (χ2v) is 5.18. The molecule has 1 fully saturated rings. The Morgan fingerprint density at radius 1 is 1.40 bits per heavy atom. The molecule has 1 aliphatic carbocycles. The van der Waals surface area contributed by atoms with Crippen molar-refractivity contribution in [3.8, 4) is 0 Å². The minimum atomic E-state index is -0.271. The van der Waals surface area contributed by atoms with Gasteiger partial charge in [0.05, 0.1) is 24.3 Å². The predicted octanol–water partition coefficient (Wildman–Crippen LogP) is 1.21. The van der Waals surface area contributed by atoms with E-state index in [0.717, 1.165) is 24.1 Å². The summed E-state index contributed by atoms with van der Waals surface area (Å²) >= 11 is 0. The minimum Gasteiger partial charge on any atom is -0.352 e. The molecule has 1 aliphatic rings. The molecule has 20 heavy (non-hydrogen) atoms. The Morgan fingerprint density at radius 2 is 2.15 bits per heavy atom. The molecule has 5 heteroatoms. The molecular formula is C15H18N4O. The van der Waals surface area contributed by atoms with Crippen LogP contribution in [0.1, 0.15) is 30.1 Å². The lowest BCUT2D eigenvalue weighted by molar-refractivity contribution is -0.121. The number of rotatable bonds is 5. The van der Waals surface area contributed by atoms with Crippen molar-refractivity contribution in [3.05, 3.63) is 54.1 Å². The Labute approximate surface area is 117 Å².